The molecule has 0 aliphatic carbocycles. The van der Waals surface area contributed by atoms with Gasteiger partial charge in [-0.05, 0) is 24.6 Å². The van der Waals surface area contributed by atoms with Gasteiger partial charge in [-0.25, -0.2) is 4.39 Å². The third kappa shape index (κ3) is 1.91. The Bertz CT molecular complexity index is 554. The van der Waals surface area contributed by atoms with Gasteiger partial charge in [0, 0.05) is 4.48 Å². The molecule has 88 valence electrons. The molecule has 1 amide bonds. The zero-order valence-electron chi connectivity index (χ0n) is 9.09. The number of carbonyl (C=O) groups excluding carboxylic acids is 2. The molecule has 1 aromatic rings. The standard InChI is InChI=1S/C12H9BrFNO2/c1-6-3-8(14)4-9-10(6)15(5-7(2)13)12(17)11(9)16/h3-4H,2,5H2,1H3. The molecular weight excluding hydrogens is 289 g/mol. The van der Waals surface area contributed by atoms with Gasteiger partial charge in [-0.15, -0.1) is 0 Å². The van der Waals surface area contributed by atoms with E-state index in [4.69, 9.17) is 0 Å². The largest absolute Gasteiger partial charge is 0.300 e. The van der Waals surface area contributed by atoms with Crippen molar-refractivity contribution in [2.75, 3.05) is 11.4 Å². The molecule has 3 nitrogen and oxygen atoms in total. The summed E-state index contributed by atoms with van der Waals surface area (Å²) in [6.07, 6.45) is 0. The maximum atomic E-state index is 13.2. The van der Waals surface area contributed by atoms with E-state index in [0.717, 1.165) is 6.07 Å². The minimum Gasteiger partial charge on any atom is -0.300 e. The van der Waals surface area contributed by atoms with Gasteiger partial charge in [-0.1, -0.05) is 22.5 Å². The van der Waals surface area contributed by atoms with Crippen LogP contribution in [0.1, 0.15) is 15.9 Å². The molecule has 0 radical (unpaired) electrons. The van der Waals surface area contributed by atoms with Crippen LogP contribution >= 0.6 is 15.9 Å². The Hall–Kier alpha value is -1.49. The predicted octanol–water partition coefficient (Wildman–Crippen LogP) is 2.57. The highest BCUT2D eigenvalue weighted by atomic mass is 79.9. The number of aryl methyl sites for hydroxylation is 1. The number of Topliss-reactive ketones (excluding diaryl/α,β-unsaturated/α-hetero) is 1. The summed E-state index contributed by atoms with van der Waals surface area (Å²) in [7, 11) is 0. The van der Waals surface area contributed by atoms with Crippen LogP contribution in [0, 0.1) is 12.7 Å². The van der Waals surface area contributed by atoms with Crippen LogP contribution < -0.4 is 4.90 Å². The number of halogens is 2. The Kier molecular flexibility index (Phi) is 2.87. The van der Waals surface area contributed by atoms with E-state index in [2.05, 4.69) is 22.5 Å². The monoisotopic (exact) mass is 297 g/mol. The average molecular weight is 298 g/mol. The van der Waals surface area contributed by atoms with Crippen molar-refractivity contribution >= 4 is 33.3 Å². The molecule has 17 heavy (non-hydrogen) atoms. The molecule has 0 fully saturated rings. The van der Waals surface area contributed by atoms with Crippen molar-refractivity contribution in [2.45, 2.75) is 6.92 Å². The van der Waals surface area contributed by atoms with Gasteiger partial charge < -0.3 is 0 Å². The molecule has 0 saturated heterocycles. The molecule has 1 aliphatic rings. The van der Waals surface area contributed by atoms with Crippen LogP contribution in [0.3, 0.4) is 0 Å². The van der Waals surface area contributed by atoms with Crippen LogP contribution in [0.5, 0.6) is 0 Å². The lowest BCUT2D eigenvalue weighted by Gasteiger charge is -2.17. The van der Waals surface area contributed by atoms with Gasteiger partial charge in [0.1, 0.15) is 5.82 Å². The lowest BCUT2D eigenvalue weighted by Crippen LogP contribution is -2.30. The fourth-order valence-electron chi connectivity index (χ4n) is 1.93. The number of ketones is 1. The fraction of sp³-hybridized carbons (Fsp3) is 0.167. The van der Waals surface area contributed by atoms with Crippen molar-refractivity contribution in [2.24, 2.45) is 0 Å². The number of anilines is 1. The first-order valence-corrected chi connectivity index (χ1v) is 5.70. The minimum absolute atomic E-state index is 0.126. The minimum atomic E-state index is -0.670. The molecule has 0 saturated carbocycles. The zero-order chi connectivity index (χ0) is 12.7. The summed E-state index contributed by atoms with van der Waals surface area (Å²) >= 11 is 3.15. The smallest absolute Gasteiger partial charge is 0.299 e. The van der Waals surface area contributed by atoms with Crippen molar-refractivity contribution in [1.29, 1.82) is 0 Å². The number of hydrogen-bond acceptors (Lipinski definition) is 2. The molecule has 0 spiro atoms. The maximum Gasteiger partial charge on any atom is 0.299 e. The van der Waals surface area contributed by atoms with Crippen molar-refractivity contribution in [3.8, 4) is 0 Å². The van der Waals surface area contributed by atoms with Crippen LogP contribution in [-0.4, -0.2) is 18.2 Å². The first-order chi connectivity index (χ1) is 7.91. The van der Waals surface area contributed by atoms with Gasteiger partial charge in [-0.2, -0.15) is 0 Å². The van der Waals surface area contributed by atoms with E-state index < -0.39 is 17.5 Å². The van der Waals surface area contributed by atoms with Gasteiger partial charge in [0.25, 0.3) is 11.7 Å². The molecule has 0 bridgehead atoms. The summed E-state index contributed by atoms with van der Waals surface area (Å²) in [4.78, 5) is 24.8. The predicted molar refractivity (Wildman–Crippen MR) is 65.9 cm³/mol. The number of fused-ring (bicyclic) bond motifs is 1. The molecule has 0 atom stereocenters. The summed E-state index contributed by atoms with van der Waals surface area (Å²) in [5.41, 5.74) is 1.16. The second-order valence-electron chi connectivity index (χ2n) is 3.86. The lowest BCUT2D eigenvalue weighted by molar-refractivity contribution is -0.114. The molecular formula is C12H9BrFNO2. The van der Waals surface area contributed by atoms with E-state index >= 15 is 0 Å². The summed E-state index contributed by atoms with van der Waals surface area (Å²) < 4.78 is 13.8. The van der Waals surface area contributed by atoms with Gasteiger partial charge in [0.15, 0.2) is 0 Å². The second-order valence-corrected chi connectivity index (χ2v) is 4.98. The van der Waals surface area contributed by atoms with E-state index in [1.807, 2.05) is 0 Å². The molecule has 0 unspecified atom stereocenters. The second kappa shape index (κ2) is 4.07. The number of hydrogen-bond donors (Lipinski definition) is 0. The van der Waals surface area contributed by atoms with E-state index in [1.54, 1.807) is 6.92 Å². The van der Waals surface area contributed by atoms with Crippen LogP contribution in [-0.2, 0) is 4.79 Å². The topological polar surface area (TPSA) is 37.4 Å². The van der Waals surface area contributed by atoms with Crippen molar-refractivity contribution < 1.29 is 14.0 Å². The Morgan fingerprint density at radius 2 is 2.12 bits per heavy atom. The van der Waals surface area contributed by atoms with Crippen molar-refractivity contribution in [1.82, 2.24) is 0 Å². The van der Waals surface area contributed by atoms with Crippen LogP contribution in [0.2, 0.25) is 0 Å². The average Bonchev–Trinajstić information content (AvgIpc) is 2.43. The number of amides is 1. The number of carbonyl (C=O) groups is 2. The lowest BCUT2D eigenvalue weighted by atomic mass is 10.1. The highest BCUT2D eigenvalue weighted by Gasteiger charge is 2.37. The van der Waals surface area contributed by atoms with E-state index in [1.165, 1.54) is 11.0 Å². The zero-order valence-corrected chi connectivity index (χ0v) is 10.7. The quantitative estimate of drug-likeness (QED) is 0.787. The van der Waals surface area contributed by atoms with Crippen LogP contribution in [0.15, 0.2) is 23.2 Å². The van der Waals surface area contributed by atoms with Gasteiger partial charge >= 0.3 is 0 Å². The number of rotatable bonds is 2. The first kappa shape index (κ1) is 12.0. The molecule has 2 rings (SSSR count). The molecule has 1 aromatic carbocycles. The van der Waals surface area contributed by atoms with Gasteiger partial charge in [0.2, 0.25) is 0 Å². The molecule has 0 N–H and O–H groups in total. The number of benzene rings is 1. The van der Waals surface area contributed by atoms with Gasteiger partial charge in [-0.3, -0.25) is 14.5 Å². The Morgan fingerprint density at radius 3 is 2.71 bits per heavy atom. The van der Waals surface area contributed by atoms with Crippen molar-refractivity contribution in [3.63, 3.8) is 0 Å². The van der Waals surface area contributed by atoms with E-state index in [9.17, 15) is 14.0 Å². The van der Waals surface area contributed by atoms with E-state index in [0.29, 0.717) is 15.7 Å². The van der Waals surface area contributed by atoms with Crippen molar-refractivity contribution in [3.05, 3.63) is 40.1 Å². The highest BCUT2D eigenvalue weighted by Crippen LogP contribution is 2.33. The Morgan fingerprint density at radius 1 is 1.47 bits per heavy atom. The van der Waals surface area contributed by atoms with Gasteiger partial charge in [0.05, 0.1) is 17.8 Å². The molecule has 1 aliphatic heterocycles. The molecule has 5 heteroatoms. The SMILES string of the molecule is C=C(Br)CN1C(=O)C(=O)c2cc(F)cc(C)c21. The maximum absolute atomic E-state index is 13.2. The third-order valence-corrected chi connectivity index (χ3v) is 2.80. The highest BCUT2D eigenvalue weighted by molar-refractivity contribution is 9.11. The van der Waals surface area contributed by atoms with Crippen LogP contribution in [0.4, 0.5) is 10.1 Å². The summed E-state index contributed by atoms with van der Waals surface area (Å²) in [6, 6.07) is 2.40. The summed E-state index contributed by atoms with van der Waals surface area (Å²) in [5, 5.41) is 0. The number of nitrogens with zero attached hydrogens (tertiary/aromatic N) is 1. The fourth-order valence-corrected chi connectivity index (χ4v) is 2.18. The summed E-state index contributed by atoms with van der Waals surface area (Å²) in [5.74, 6) is -1.83. The normalized spacial score (nSPS) is 14.2. The first-order valence-electron chi connectivity index (χ1n) is 4.91. The molecule has 0 aromatic heterocycles. The Balaban J connectivity index is 2.60. The third-order valence-electron chi connectivity index (χ3n) is 2.55. The van der Waals surface area contributed by atoms with E-state index in [-0.39, 0.29) is 12.1 Å². The Labute approximate surface area is 106 Å². The molecule has 1 heterocycles. The van der Waals surface area contributed by atoms with Crippen LogP contribution in [0.25, 0.3) is 0 Å². The summed E-state index contributed by atoms with van der Waals surface area (Å²) in [6.45, 7) is 5.50.